The molecule has 0 spiro atoms. The van der Waals surface area contributed by atoms with E-state index in [1.807, 2.05) is 0 Å². The van der Waals surface area contributed by atoms with Crippen molar-refractivity contribution in [1.82, 2.24) is 4.90 Å². The Labute approximate surface area is 109 Å². The summed E-state index contributed by atoms with van der Waals surface area (Å²) in [5.41, 5.74) is 1.36. The number of rotatable bonds is 2. The molecule has 2 aliphatic rings. The molecule has 1 saturated heterocycles. The van der Waals surface area contributed by atoms with E-state index in [0.717, 1.165) is 25.9 Å². The molecular weight excluding hydrogens is 222 g/mol. The van der Waals surface area contributed by atoms with E-state index in [1.165, 1.54) is 12.0 Å². The molecule has 0 N–H and O–H groups in total. The van der Waals surface area contributed by atoms with Crippen molar-refractivity contribution in [1.29, 1.82) is 0 Å². The van der Waals surface area contributed by atoms with Crippen LogP contribution in [0.4, 0.5) is 0 Å². The first-order valence-electron chi connectivity index (χ1n) is 7.07. The number of benzene rings is 1. The SMILES string of the molecule is CC(c1ccccc1)N1C[C@@H]2CCCC(=O)[C@@H]2C1. The van der Waals surface area contributed by atoms with E-state index in [9.17, 15) is 4.79 Å². The summed E-state index contributed by atoms with van der Waals surface area (Å²) in [6.45, 7) is 4.34. The Hall–Kier alpha value is -1.15. The summed E-state index contributed by atoms with van der Waals surface area (Å²) >= 11 is 0. The van der Waals surface area contributed by atoms with Gasteiger partial charge in [-0.3, -0.25) is 9.69 Å². The smallest absolute Gasteiger partial charge is 0.137 e. The third-order valence-corrected chi connectivity index (χ3v) is 4.71. The molecule has 0 aromatic heterocycles. The van der Waals surface area contributed by atoms with Gasteiger partial charge in [0, 0.05) is 31.5 Å². The molecule has 18 heavy (non-hydrogen) atoms. The molecule has 3 atom stereocenters. The normalized spacial score (nSPS) is 30.2. The number of ketones is 1. The fraction of sp³-hybridized carbons (Fsp3) is 0.562. The lowest BCUT2D eigenvalue weighted by atomic mass is 9.81. The second-order valence-corrected chi connectivity index (χ2v) is 5.77. The van der Waals surface area contributed by atoms with Crippen LogP contribution in [0.5, 0.6) is 0 Å². The highest BCUT2D eigenvalue weighted by molar-refractivity contribution is 5.82. The highest BCUT2D eigenvalue weighted by atomic mass is 16.1. The summed E-state index contributed by atoms with van der Waals surface area (Å²) in [5.74, 6) is 1.45. The average molecular weight is 243 g/mol. The number of likely N-dealkylation sites (tertiary alicyclic amines) is 1. The van der Waals surface area contributed by atoms with Gasteiger partial charge in [0.1, 0.15) is 5.78 Å². The van der Waals surface area contributed by atoms with Gasteiger partial charge in [0.25, 0.3) is 0 Å². The number of Topliss-reactive ketones (excluding diaryl/α,β-unsaturated/α-hetero) is 1. The summed E-state index contributed by atoms with van der Waals surface area (Å²) in [7, 11) is 0. The molecule has 0 radical (unpaired) electrons. The molecule has 2 heteroatoms. The van der Waals surface area contributed by atoms with Crippen LogP contribution in [0.2, 0.25) is 0 Å². The maximum atomic E-state index is 12.0. The van der Waals surface area contributed by atoms with Gasteiger partial charge >= 0.3 is 0 Å². The van der Waals surface area contributed by atoms with E-state index in [1.54, 1.807) is 0 Å². The van der Waals surface area contributed by atoms with Gasteiger partial charge in [0.15, 0.2) is 0 Å². The fourth-order valence-corrected chi connectivity index (χ4v) is 3.54. The van der Waals surface area contributed by atoms with Gasteiger partial charge in [-0.05, 0) is 31.2 Å². The lowest BCUT2D eigenvalue weighted by Gasteiger charge is -2.24. The van der Waals surface area contributed by atoms with Crippen LogP contribution in [0.25, 0.3) is 0 Å². The average Bonchev–Trinajstić information content (AvgIpc) is 2.84. The molecule has 0 amide bonds. The molecule has 1 saturated carbocycles. The number of nitrogens with zero attached hydrogens (tertiary/aromatic N) is 1. The predicted octanol–water partition coefficient (Wildman–Crippen LogP) is 3.05. The van der Waals surface area contributed by atoms with Crippen molar-refractivity contribution < 1.29 is 4.79 Å². The molecule has 96 valence electrons. The Balaban J connectivity index is 1.73. The Bertz CT molecular complexity index is 428. The number of hydrogen-bond acceptors (Lipinski definition) is 2. The van der Waals surface area contributed by atoms with Crippen LogP contribution >= 0.6 is 0 Å². The maximum Gasteiger partial charge on any atom is 0.137 e. The van der Waals surface area contributed by atoms with Gasteiger partial charge in [0.2, 0.25) is 0 Å². The van der Waals surface area contributed by atoms with Gasteiger partial charge in [-0.1, -0.05) is 30.3 Å². The number of fused-ring (bicyclic) bond motifs is 1. The quantitative estimate of drug-likeness (QED) is 0.795. The maximum absolute atomic E-state index is 12.0. The lowest BCUT2D eigenvalue weighted by Crippen LogP contribution is -2.27. The van der Waals surface area contributed by atoms with E-state index in [0.29, 0.717) is 23.7 Å². The van der Waals surface area contributed by atoms with Crippen molar-refractivity contribution >= 4 is 5.78 Å². The zero-order valence-corrected chi connectivity index (χ0v) is 11.0. The Morgan fingerprint density at radius 2 is 2.00 bits per heavy atom. The predicted molar refractivity (Wildman–Crippen MR) is 72.3 cm³/mol. The molecule has 1 aromatic carbocycles. The monoisotopic (exact) mass is 243 g/mol. The van der Waals surface area contributed by atoms with Crippen molar-refractivity contribution in [3.05, 3.63) is 35.9 Å². The van der Waals surface area contributed by atoms with Crippen LogP contribution in [0.1, 0.15) is 37.8 Å². The third-order valence-electron chi connectivity index (χ3n) is 4.71. The summed E-state index contributed by atoms with van der Waals surface area (Å²) in [4.78, 5) is 14.4. The largest absolute Gasteiger partial charge is 0.299 e. The van der Waals surface area contributed by atoms with E-state index in [4.69, 9.17) is 0 Å². The fourth-order valence-electron chi connectivity index (χ4n) is 3.54. The summed E-state index contributed by atoms with van der Waals surface area (Å²) in [5, 5.41) is 0. The van der Waals surface area contributed by atoms with Crippen LogP contribution in [0, 0.1) is 11.8 Å². The Morgan fingerprint density at radius 1 is 1.22 bits per heavy atom. The van der Waals surface area contributed by atoms with Crippen LogP contribution < -0.4 is 0 Å². The first-order chi connectivity index (χ1) is 8.75. The summed E-state index contributed by atoms with van der Waals surface area (Å²) in [6.07, 6.45) is 3.16. The molecule has 1 aromatic rings. The standard InChI is InChI=1S/C16H21NO/c1-12(13-6-3-2-4-7-13)17-10-14-8-5-9-16(18)15(14)11-17/h2-4,6-7,12,14-15H,5,8-11H2,1H3/t12?,14-,15+/m0/s1. The number of carbonyl (C=O) groups is 1. The van der Waals surface area contributed by atoms with Crippen molar-refractivity contribution in [2.45, 2.75) is 32.2 Å². The highest BCUT2D eigenvalue weighted by Gasteiger charge is 2.40. The molecule has 2 fully saturated rings. The van der Waals surface area contributed by atoms with Crippen LogP contribution in [0.15, 0.2) is 30.3 Å². The van der Waals surface area contributed by atoms with Crippen LogP contribution in [-0.4, -0.2) is 23.8 Å². The first kappa shape index (κ1) is 11.9. The van der Waals surface area contributed by atoms with Gasteiger partial charge in [-0.2, -0.15) is 0 Å². The van der Waals surface area contributed by atoms with Crippen LogP contribution in [-0.2, 0) is 4.79 Å². The topological polar surface area (TPSA) is 20.3 Å². The van der Waals surface area contributed by atoms with Crippen molar-refractivity contribution in [3.8, 4) is 0 Å². The van der Waals surface area contributed by atoms with Gasteiger partial charge in [-0.25, -0.2) is 0 Å². The van der Waals surface area contributed by atoms with E-state index >= 15 is 0 Å². The Morgan fingerprint density at radius 3 is 2.72 bits per heavy atom. The summed E-state index contributed by atoms with van der Waals surface area (Å²) in [6, 6.07) is 11.1. The van der Waals surface area contributed by atoms with Crippen molar-refractivity contribution in [2.75, 3.05) is 13.1 Å². The number of carbonyl (C=O) groups excluding carboxylic acids is 1. The minimum absolute atomic E-state index is 0.324. The second kappa shape index (κ2) is 4.85. The highest BCUT2D eigenvalue weighted by Crippen LogP contribution is 2.37. The van der Waals surface area contributed by atoms with Gasteiger partial charge in [-0.15, -0.1) is 0 Å². The molecular formula is C16H21NO. The molecule has 0 bridgehead atoms. The van der Waals surface area contributed by atoms with Crippen molar-refractivity contribution in [2.24, 2.45) is 11.8 Å². The molecule has 2 nitrogen and oxygen atoms in total. The van der Waals surface area contributed by atoms with Crippen molar-refractivity contribution in [3.63, 3.8) is 0 Å². The Kier molecular flexibility index (Phi) is 3.21. The van der Waals surface area contributed by atoms with E-state index < -0.39 is 0 Å². The molecule has 1 heterocycles. The van der Waals surface area contributed by atoms with Gasteiger partial charge in [0.05, 0.1) is 0 Å². The minimum Gasteiger partial charge on any atom is -0.299 e. The van der Waals surface area contributed by atoms with Gasteiger partial charge < -0.3 is 0 Å². The zero-order chi connectivity index (χ0) is 12.5. The molecule has 1 aliphatic carbocycles. The molecule has 1 unspecified atom stereocenters. The molecule has 3 rings (SSSR count). The first-order valence-corrected chi connectivity index (χ1v) is 7.07. The second-order valence-electron chi connectivity index (χ2n) is 5.77. The van der Waals surface area contributed by atoms with Crippen LogP contribution in [0.3, 0.4) is 0 Å². The third kappa shape index (κ3) is 2.10. The minimum atomic E-state index is 0.324. The van der Waals surface area contributed by atoms with E-state index in [2.05, 4.69) is 42.2 Å². The molecule has 1 aliphatic heterocycles. The summed E-state index contributed by atoms with van der Waals surface area (Å²) < 4.78 is 0. The lowest BCUT2D eigenvalue weighted by molar-refractivity contribution is -0.125. The zero-order valence-electron chi connectivity index (χ0n) is 11.0. The number of hydrogen-bond donors (Lipinski definition) is 0. The van der Waals surface area contributed by atoms with E-state index in [-0.39, 0.29) is 0 Å².